The lowest BCUT2D eigenvalue weighted by Gasteiger charge is -2.27. The maximum Gasteiger partial charge on any atom is 0.326 e. The highest BCUT2D eigenvalue weighted by molar-refractivity contribution is 6.35. The van der Waals surface area contributed by atoms with Gasteiger partial charge in [-0.3, -0.25) is 14.3 Å². The van der Waals surface area contributed by atoms with Crippen molar-refractivity contribution < 1.29 is 9.18 Å². The second kappa shape index (κ2) is 10.8. The summed E-state index contributed by atoms with van der Waals surface area (Å²) < 4.78 is 15.4. The highest BCUT2D eigenvalue weighted by atomic mass is 35.5. The average Bonchev–Trinajstić information content (AvgIpc) is 3.23. The Hall–Kier alpha value is -3.90. The van der Waals surface area contributed by atoms with E-state index in [9.17, 15) is 19.2 Å². The first-order valence-electron chi connectivity index (χ1n) is 11.9. The number of benzene rings is 2. The molecule has 7 nitrogen and oxygen atoms in total. The van der Waals surface area contributed by atoms with Crippen molar-refractivity contribution in [2.24, 2.45) is 0 Å². The van der Waals surface area contributed by atoms with Crippen LogP contribution in [0.2, 0.25) is 10.0 Å². The number of nitrogens with zero attached hydrogens (tertiary/aromatic N) is 3. The molecule has 0 bridgehead atoms. The summed E-state index contributed by atoms with van der Waals surface area (Å²) >= 11 is 11.8. The third-order valence-electron chi connectivity index (χ3n) is 6.52. The number of carbonyl (C=O) groups is 1. The summed E-state index contributed by atoms with van der Waals surface area (Å²) in [5.41, 5.74) is 4.30. The number of rotatable bonds is 5. The van der Waals surface area contributed by atoms with Gasteiger partial charge < -0.3 is 10.3 Å². The van der Waals surface area contributed by atoms with Crippen LogP contribution in [0.3, 0.4) is 0 Å². The van der Waals surface area contributed by atoms with Crippen LogP contribution < -0.4 is 10.9 Å². The predicted octanol–water partition coefficient (Wildman–Crippen LogP) is 5.48. The van der Waals surface area contributed by atoms with E-state index in [0.29, 0.717) is 42.7 Å². The summed E-state index contributed by atoms with van der Waals surface area (Å²) in [5, 5.41) is 13.2. The van der Waals surface area contributed by atoms with Crippen molar-refractivity contribution in [1.29, 1.82) is 5.26 Å². The minimum atomic E-state index is -0.636. The fourth-order valence-electron chi connectivity index (χ4n) is 4.74. The minimum Gasteiger partial charge on any atom is -0.333 e. The second-order valence-corrected chi connectivity index (χ2v) is 9.82. The summed E-state index contributed by atoms with van der Waals surface area (Å²) in [4.78, 5) is 29.7. The molecule has 2 N–H and O–H groups in total. The quantitative estimate of drug-likeness (QED) is 0.322. The largest absolute Gasteiger partial charge is 0.333 e. The zero-order valence-corrected chi connectivity index (χ0v) is 21.6. The molecule has 0 aliphatic carbocycles. The molecule has 1 aliphatic rings. The number of amides is 1. The van der Waals surface area contributed by atoms with Crippen LogP contribution in [0.15, 0.2) is 59.5 Å². The van der Waals surface area contributed by atoms with Gasteiger partial charge in [0.1, 0.15) is 0 Å². The molecule has 0 atom stereocenters. The van der Waals surface area contributed by atoms with E-state index >= 15 is 0 Å². The Bertz CT molecular complexity index is 1660. The van der Waals surface area contributed by atoms with E-state index in [4.69, 9.17) is 23.2 Å². The summed E-state index contributed by atoms with van der Waals surface area (Å²) in [6.45, 7) is 2.13. The first-order chi connectivity index (χ1) is 18.3. The van der Waals surface area contributed by atoms with E-state index in [1.54, 1.807) is 29.0 Å². The number of H-pyrrole nitrogens is 1. The number of halogens is 3. The van der Waals surface area contributed by atoms with Crippen molar-refractivity contribution in [3.05, 3.63) is 109 Å². The molecule has 0 saturated carbocycles. The number of hydrogen-bond donors (Lipinski definition) is 2. The molecule has 5 rings (SSSR count). The van der Waals surface area contributed by atoms with Crippen molar-refractivity contribution >= 4 is 46.2 Å². The van der Waals surface area contributed by atoms with Gasteiger partial charge in [0.05, 0.1) is 27.2 Å². The maximum absolute atomic E-state index is 13.7. The SMILES string of the molecule is N#Cc1ccc2c(c1)c1c(n2C(=O)NCc2cc[nH]c(=O)c2)CCN(C/C=C/c2cc(Cl)c(F)c(Cl)c2)C1. The number of hydrogen-bond acceptors (Lipinski definition) is 4. The molecule has 2 aromatic carbocycles. The molecule has 3 heterocycles. The van der Waals surface area contributed by atoms with E-state index in [2.05, 4.69) is 21.3 Å². The van der Waals surface area contributed by atoms with Crippen LogP contribution in [0.5, 0.6) is 0 Å². The van der Waals surface area contributed by atoms with Crippen LogP contribution in [0.25, 0.3) is 17.0 Å². The number of aromatic amines is 1. The van der Waals surface area contributed by atoms with Gasteiger partial charge in [0.15, 0.2) is 5.82 Å². The smallest absolute Gasteiger partial charge is 0.326 e. The van der Waals surface area contributed by atoms with Crippen LogP contribution >= 0.6 is 23.2 Å². The molecule has 1 amide bonds. The van der Waals surface area contributed by atoms with Gasteiger partial charge in [-0.15, -0.1) is 0 Å². The highest BCUT2D eigenvalue weighted by Gasteiger charge is 2.26. The van der Waals surface area contributed by atoms with Crippen LogP contribution in [0.4, 0.5) is 9.18 Å². The number of nitriles is 1. The Kier molecular flexibility index (Phi) is 7.34. The number of pyridine rings is 1. The molecule has 0 spiro atoms. The lowest BCUT2D eigenvalue weighted by molar-refractivity contribution is 0.240. The molecule has 10 heteroatoms. The molecule has 0 saturated heterocycles. The Morgan fingerprint density at radius 2 is 1.97 bits per heavy atom. The third kappa shape index (κ3) is 5.22. The van der Waals surface area contributed by atoms with Gasteiger partial charge in [0, 0.05) is 55.9 Å². The maximum atomic E-state index is 13.7. The molecular weight excluding hydrogens is 528 g/mol. The zero-order valence-electron chi connectivity index (χ0n) is 20.1. The Morgan fingerprint density at radius 1 is 1.18 bits per heavy atom. The van der Waals surface area contributed by atoms with Gasteiger partial charge in [-0.1, -0.05) is 35.4 Å². The number of carbonyl (C=O) groups excluding carboxylic acids is 1. The van der Waals surface area contributed by atoms with Crippen molar-refractivity contribution in [3.8, 4) is 6.07 Å². The lowest BCUT2D eigenvalue weighted by Crippen LogP contribution is -2.34. The second-order valence-electron chi connectivity index (χ2n) is 9.01. The van der Waals surface area contributed by atoms with E-state index in [1.807, 2.05) is 18.2 Å². The van der Waals surface area contributed by atoms with Crippen molar-refractivity contribution in [2.45, 2.75) is 19.5 Å². The summed E-state index contributed by atoms with van der Waals surface area (Å²) in [6, 6.07) is 13.4. The summed E-state index contributed by atoms with van der Waals surface area (Å²) in [7, 11) is 0. The average molecular weight is 550 g/mol. The minimum absolute atomic E-state index is 0.0294. The summed E-state index contributed by atoms with van der Waals surface area (Å²) in [6.07, 6.45) is 5.97. The highest BCUT2D eigenvalue weighted by Crippen LogP contribution is 2.32. The Morgan fingerprint density at radius 3 is 2.71 bits per heavy atom. The van der Waals surface area contributed by atoms with Gasteiger partial charge in [-0.2, -0.15) is 5.26 Å². The fourth-order valence-corrected chi connectivity index (χ4v) is 5.24. The zero-order chi connectivity index (χ0) is 26.8. The first-order valence-corrected chi connectivity index (χ1v) is 12.6. The van der Waals surface area contributed by atoms with E-state index < -0.39 is 5.82 Å². The molecule has 38 heavy (non-hydrogen) atoms. The topological polar surface area (TPSA) is 93.9 Å². The third-order valence-corrected chi connectivity index (χ3v) is 7.07. The molecule has 0 unspecified atom stereocenters. The molecule has 4 aromatic rings. The number of nitrogens with one attached hydrogen (secondary N) is 2. The van der Waals surface area contributed by atoms with Gasteiger partial charge >= 0.3 is 6.03 Å². The van der Waals surface area contributed by atoms with Crippen LogP contribution in [-0.4, -0.2) is 33.6 Å². The van der Waals surface area contributed by atoms with Crippen molar-refractivity contribution in [3.63, 3.8) is 0 Å². The lowest BCUT2D eigenvalue weighted by atomic mass is 10.0. The number of fused-ring (bicyclic) bond motifs is 3. The molecule has 2 aromatic heterocycles. The molecule has 0 fully saturated rings. The van der Waals surface area contributed by atoms with Crippen LogP contribution in [0.1, 0.15) is 27.9 Å². The predicted molar refractivity (Wildman–Crippen MR) is 146 cm³/mol. The molecule has 1 aliphatic heterocycles. The van der Waals surface area contributed by atoms with E-state index in [1.165, 1.54) is 18.2 Å². The van der Waals surface area contributed by atoms with Crippen molar-refractivity contribution in [2.75, 3.05) is 13.1 Å². The van der Waals surface area contributed by atoms with Crippen molar-refractivity contribution in [1.82, 2.24) is 19.8 Å². The van der Waals surface area contributed by atoms with E-state index in [-0.39, 0.29) is 28.2 Å². The monoisotopic (exact) mass is 549 g/mol. The first kappa shape index (κ1) is 25.7. The molecular formula is C28H22Cl2FN5O2. The standard InChI is InChI=1S/C28H22Cl2FN5O2/c29-22-11-17(12-23(30)27(22)31)2-1-8-35-9-6-25-21(16-35)20-10-18(14-32)3-4-24(20)36(25)28(38)34-15-19-5-7-33-26(37)13-19/h1-5,7,10-13H,6,8-9,15-16H2,(H,33,37)(H,34,38)/b2-1+. The fraction of sp³-hybridized carbons (Fsp3) is 0.179. The normalized spacial score (nSPS) is 13.5. The number of aromatic nitrogens is 2. The Labute approximate surface area is 227 Å². The Balaban J connectivity index is 1.39. The van der Waals surface area contributed by atoms with Gasteiger partial charge in [-0.05, 0) is 53.1 Å². The van der Waals surface area contributed by atoms with Crippen LogP contribution in [-0.2, 0) is 19.5 Å². The molecule has 192 valence electrons. The van der Waals surface area contributed by atoms with Crippen LogP contribution in [0, 0.1) is 17.1 Å². The van der Waals surface area contributed by atoms with Gasteiger partial charge in [0.2, 0.25) is 5.56 Å². The molecule has 0 radical (unpaired) electrons. The summed E-state index contributed by atoms with van der Waals surface area (Å²) in [5.74, 6) is -0.636. The van der Waals surface area contributed by atoms with Gasteiger partial charge in [-0.25, -0.2) is 9.18 Å². The van der Waals surface area contributed by atoms with Gasteiger partial charge in [0.25, 0.3) is 0 Å². The van der Waals surface area contributed by atoms with E-state index in [0.717, 1.165) is 22.2 Å².